The lowest BCUT2D eigenvalue weighted by molar-refractivity contribution is 0.199. The van der Waals surface area contributed by atoms with Gasteiger partial charge in [0.05, 0.1) is 0 Å². The van der Waals surface area contributed by atoms with Crippen LogP contribution in [0.15, 0.2) is 30.7 Å². The van der Waals surface area contributed by atoms with Crippen molar-refractivity contribution < 1.29 is 0 Å². The Morgan fingerprint density at radius 3 is 2.73 bits per heavy atom. The van der Waals surface area contributed by atoms with Crippen LogP contribution in [-0.4, -0.2) is 48.0 Å². The fourth-order valence-electron chi connectivity index (χ4n) is 1.64. The van der Waals surface area contributed by atoms with E-state index in [-0.39, 0.29) is 0 Å². The molecule has 3 heteroatoms. The maximum absolute atomic E-state index is 4.08. The summed E-state index contributed by atoms with van der Waals surface area (Å²) in [6.45, 7) is 4.54. The second-order valence-corrected chi connectivity index (χ2v) is 3.94. The minimum atomic E-state index is 1.12. The monoisotopic (exact) mass is 203 g/mol. The molecule has 3 nitrogen and oxygen atoms in total. The van der Waals surface area contributed by atoms with Gasteiger partial charge in [-0.25, -0.2) is 0 Å². The predicted octanol–water partition coefficient (Wildman–Crippen LogP) is 1.30. The molecule has 1 aromatic rings. The Bertz CT molecular complexity index is 313. The van der Waals surface area contributed by atoms with Gasteiger partial charge in [0, 0.05) is 38.6 Å². The molecule has 0 saturated carbocycles. The normalized spacial score (nSPS) is 18.6. The average molecular weight is 203 g/mol. The number of piperazine rings is 1. The number of hydrogen-bond acceptors (Lipinski definition) is 3. The van der Waals surface area contributed by atoms with E-state index in [1.165, 1.54) is 0 Å². The van der Waals surface area contributed by atoms with E-state index in [2.05, 4.69) is 40.2 Å². The Hall–Kier alpha value is -1.35. The fourth-order valence-corrected chi connectivity index (χ4v) is 1.64. The van der Waals surface area contributed by atoms with Crippen molar-refractivity contribution in [2.45, 2.75) is 0 Å². The highest BCUT2D eigenvalue weighted by Gasteiger charge is 2.09. The maximum atomic E-state index is 4.08. The summed E-state index contributed by atoms with van der Waals surface area (Å²) in [6, 6.07) is 4.03. The first-order valence-electron chi connectivity index (χ1n) is 5.35. The summed E-state index contributed by atoms with van der Waals surface area (Å²) in [4.78, 5) is 8.79. The highest BCUT2D eigenvalue weighted by atomic mass is 15.2. The molecule has 0 unspecified atom stereocenters. The molecule has 0 aromatic carbocycles. The summed E-state index contributed by atoms with van der Waals surface area (Å²) in [5.41, 5.74) is 1.16. The van der Waals surface area contributed by atoms with Crippen LogP contribution in [0.1, 0.15) is 5.56 Å². The van der Waals surface area contributed by atoms with Crippen LogP contribution in [0.5, 0.6) is 0 Å². The molecule has 0 spiro atoms. The Labute approximate surface area is 91.0 Å². The van der Waals surface area contributed by atoms with Crippen LogP contribution in [0.4, 0.5) is 0 Å². The fraction of sp³-hybridized carbons (Fsp3) is 0.417. The van der Waals surface area contributed by atoms with E-state index >= 15 is 0 Å². The largest absolute Gasteiger partial charge is 0.375 e. The topological polar surface area (TPSA) is 19.4 Å². The van der Waals surface area contributed by atoms with Gasteiger partial charge in [0.1, 0.15) is 0 Å². The molecule has 15 heavy (non-hydrogen) atoms. The zero-order valence-electron chi connectivity index (χ0n) is 9.13. The van der Waals surface area contributed by atoms with Gasteiger partial charge in [-0.15, -0.1) is 0 Å². The van der Waals surface area contributed by atoms with Crippen molar-refractivity contribution in [1.29, 1.82) is 0 Å². The van der Waals surface area contributed by atoms with Gasteiger partial charge in [-0.05, 0) is 31.0 Å². The lowest BCUT2D eigenvalue weighted by Crippen LogP contribution is -2.41. The minimum Gasteiger partial charge on any atom is -0.375 e. The van der Waals surface area contributed by atoms with E-state index in [0.717, 1.165) is 31.7 Å². The zero-order valence-corrected chi connectivity index (χ0v) is 9.13. The molecule has 2 heterocycles. The zero-order chi connectivity index (χ0) is 10.5. The standard InChI is InChI=1S/C12H17N3/c1-14-7-9-15(10-8-14)6-4-12-3-2-5-13-11-12/h2-6,11H,7-10H2,1H3/b6-4+. The van der Waals surface area contributed by atoms with E-state index in [9.17, 15) is 0 Å². The van der Waals surface area contributed by atoms with E-state index in [4.69, 9.17) is 0 Å². The molecule has 80 valence electrons. The maximum Gasteiger partial charge on any atom is 0.0340 e. The molecule has 1 aliphatic heterocycles. The predicted molar refractivity (Wildman–Crippen MR) is 62.3 cm³/mol. The molecule has 0 atom stereocenters. The number of nitrogens with zero attached hydrogens (tertiary/aromatic N) is 3. The molecule has 1 saturated heterocycles. The van der Waals surface area contributed by atoms with Crippen molar-refractivity contribution in [2.75, 3.05) is 33.2 Å². The average Bonchev–Trinajstić information content (AvgIpc) is 2.30. The van der Waals surface area contributed by atoms with E-state index < -0.39 is 0 Å². The SMILES string of the molecule is CN1CCN(/C=C/c2cccnc2)CC1. The van der Waals surface area contributed by atoms with E-state index in [1.54, 1.807) is 6.20 Å². The van der Waals surface area contributed by atoms with Gasteiger partial charge in [-0.1, -0.05) is 6.07 Å². The van der Waals surface area contributed by atoms with Crippen molar-refractivity contribution >= 4 is 6.08 Å². The molecule has 0 radical (unpaired) electrons. The highest BCUT2D eigenvalue weighted by molar-refractivity contribution is 5.46. The molecule has 1 aliphatic rings. The smallest absolute Gasteiger partial charge is 0.0340 e. The van der Waals surface area contributed by atoms with Gasteiger partial charge in [0.2, 0.25) is 0 Å². The Morgan fingerprint density at radius 2 is 2.07 bits per heavy atom. The second-order valence-electron chi connectivity index (χ2n) is 3.94. The van der Waals surface area contributed by atoms with Crippen LogP contribution in [0.3, 0.4) is 0 Å². The number of hydrogen-bond donors (Lipinski definition) is 0. The van der Waals surface area contributed by atoms with Crippen LogP contribution in [-0.2, 0) is 0 Å². The third-order valence-electron chi connectivity index (χ3n) is 2.70. The highest BCUT2D eigenvalue weighted by Crippen LogP contribution is 2.03. The molecular weight excluding hydrogens is 186 g/mol. The van der Waals surface area contributed by atoms with Crippen LogP contribution in [0.25, 0.3) is 6.08 Å². The van der Waals surface area contributed by atoms with Gasteiger partial charge in [0.25, 0.3) is 0 Å². The Kier molecular flexibility index (Phi) is 3.35. The lowest BCUT2D eigenvalue weighted by Gasteiger charge is -2.31. The summed E-state index contributed by atoms with van der Waals surface area (Å²) in [5, 5.41) is 0. The first kappa shape index (κ1) is 10.2. The Balaban J connectivity index is 1.89. The number of likely N-dealkylation sites (N-methyl/N-ethyl adjacent to an activating group) is 1. The molecule has 0 aliphatic carbocycles. The second kappa shape index (κ2) is 4.94. The van der Waals surface area contributed by atoms with Gasteiger partial charge in [0.15, 0.2) is 0 Å². The van der Waals surface area contributed by atoms with Crippen molar-refractivity contribution in [1.82, 2.24) is 14.8 Å². The molecule has 1 fully saturated rings. The molecule has 2 rings (SSSR count). The van der Waals surface area contributed by atoms with Gasteiger partial charge in [-0.2, -0.15) is 0 Å². The number of aromatic nitrogens is 1. The molecule has 1 aromatic heterocycles. The third kappa shape index (κ3) is 3.06. The van der Waals surface area contributed by atoms with Crippen LogP contribution in [0.2, 0.25) is 0 Å². The van der Waals surface area contributed by atoms with E-state index in [0.29, 0.717) is 0 Å². The summed E-state index contributed by atoms with van der Waals surface area (Å²) < 4.78 is 0. The minimum absolute atomic E-state index is 1.12. The quantitative estimate of drug-likeness (QED) is 0.722. The Morgan fingerprint density at radius 1 is 1.27 bits per heavy atom. The molecule has 0 bridgehead atoms. The van der Waals surface area contributed by atoms with E-state index in [1.807, 2.05) is 12.3 Å². The van der Waals surface area contributed by atoms with Crippen LogP contribution in [0, 0.1) is 0 Å². The van der Waals surface area contributed by atoms with Crippen LogP contribution < -0.4 is 0 Å². The van der Waals surface area contributed by atoms with Crippen molar-refractivity contribution in [3.8, 4) is 0 Å². The summed E-state index contributed by atoms with van der Waals surface area (Å²) in [5.74, 6) is 0. The van der Waals surface area contributed by atoms with Crippen molar-refractivity contribution in [3.63, 3.8) is 0 Å². The first-order valence-corrected chi connectivity index (χ1v) is 5.35. The molecule has 0 N–H and O–H groups in total. The summed E-state index contributed by atoms with van der Waals surface area (Å²) in [6.07, 6.45) is 7.97. The first-order chi connectivity index (χ1) is 7.34. The van der Waals surface area contributed by atoms with Crippen molar-refractivity contribution in [3.05, 3.63) is 36.3 Å². The molecular formula is C12H17N3. The molecule has 0 amide bonds. The van der Waals surface area contributed by atoms with Gasteiger partial charge >= 0.3 is 0 Å². The number of rotatable bonds is 2. The van der Waals surface area contributed by atoms with Crippen LogP contribution >= 0.6 is 0 Å². The summed E-state index contributed by atoms with van der Waals surface area (Å²) in [7, 11) is 2.17. The number of pyridine rings is 1. The van der Waals surface area contributed by atoms with Gasteiger partial charge < -0.3 is 9.80 Å². The third-order valence-corrected chi connectivity index (χ3v) is 2.70. The lowest BCUT2D eigenvalue weighted by atomic mass is 10.3. The summed E-state index contributed by atoms with van der Waals surface area (Å²) >= 11 is 0. The van der Waals surface area contributed by atoms with Gasteiger partial charge in [-0.3, -0.25) is 4.98 Å². The van der Waals surface area contributed by atoms with Crippen molar-refractivity contribution in [2.24, 2.45) is 0 Å².